The predicted octanol–water partition coefficient (Wildman–Crippen LogP) is 3.07. The fourth-order valence-electron chi connectivity index (χ4n) is 1.40. The lowest BCUT2D eigenvalue weighted by molar-refractivity contribution is -0.134. The number of aromatic nitrogens is 3. The van der Waals surface area contributed by atoms with E-state index in [0.29, 0.717) is 16.3 Å². The standard InChI is InChI=1S/C10H6BrN3O.C2H4O2/c11-8-4-3-7(15-8)10-13-6-2-1-5-12-9(6)14-10;1-2(3)4/h1-5H,(H,12,13,14);1H3,(H,3,4). The van der Waals surface area contributed by atoms with Crippen molar-refractivity contribution >= 4 is 33.1 Å². The first kappa shape index (κ1) is 13.3. The van der Waals surface area contributed by atoms with Crippen molar-refractivity contribution in [2.24, 2.45) is 0 Å². The average Bonchev–Trinajstić information content (AvgIpc) is 2.93. The van der Waals surface area contributed by atoms with Crippen LogP contribution < -0.4 is 0 Å². The monoisotopic (exact) mass is 323 g/mol. The lowest BCUT2D eigenvalue weighted by Crippen LogP contribution is -1.78. The molecule has 0 aliphatic rings. The first-order valence-corrected chi connectivity index (χ1v) is 6.11. The summed E-state index contributed by atoms with van der Waals surface area (Å²) in [5.74, 6) is 0.550. The molecule has 3 aromatic rings. The van der Waals surface area contributed by atoms with Gasteiger partial charge in [-0.3, -0.25) is 4.79 Å². The molecule has 0 radical (unpaired) electrons. The van der Waals surface area contributed by atoms with Gasteiger partial charge in [0.2, 0.25) is 0 Å². The molecule has 0 bridgehead atoms. The molecule has 3 aromatic heterocycles. The molecule has 3 heterocycles. The minimum absolute atomic E-state index is 0.686. The van der Waals surface area contributed by atoms with Gasteiger partial charge in [-0.05, 0) is 40.2 Å². The Morgan fingerprint density at radius 3 is 2.74 bits per heavy atom. The molecule has 0 saturated carbocycles. The van der Waals surface area contributed by atoms with Crippen LogP contribution in [-0.4, -0.2) is 26.0 Å². The van der Waals surface area contributed by atoms with E-state index in [2.05, 4.69) is 30.9 Å². The highest BCUT2D eigenvalue weighted by molar-refractivity contribution is 9.10. The molecule has 19 heavy (non-hydrogen) atoms. The van der Waals surface area contributed by atoms with Gasteiger partial charge in [0.25, 0.3) is 5.97 Å². The minimum atomic E-state index is -0.833. The molecule has 0 unspecified atom stereocenters. The van der Waals surface area contributed by atoms with Gasteiger partial charge in [0.15, 0.2) is 21.9 Å². The van der Waals surface area contributed by atoms with Crippen molar-refractivity contribution in [2.45, 2.75) is 6.92 Å². The van der Waals surface area contributed by atoms with Crippen LogP contribution in [0.1, 0.15) is 6.92 Å². The molecule has 0 aliphatic heterocycles. The third-order valence-corrected chi connectivity index (χ3v) is 2.49. The molecule has 0 atom stereocenters. The number of furan rings is 1. The molecule has 0 saturated heterocycles. The number of carbonyl (C=O) groups is 1. The zero-order chi connectivity index (χ0) is 13.8. The highest BCUT2D eigenvalue weighted by atomic mass is 79.9. The van der Waals surface area contributed by atoms with Crippen molar-refractivity contribution in [1.29, 1.82) is 0 Å². The maximum Gasteiger partial charge on any atom is 0.300 e. The van der Waals surface area contributed by atoms with Gasteiger partial charge in [0.1, 0.15) is 5.52 Å². The molecule has 0 aromatic carbocycles. The SMILES string of the molecule is Brc1ccc(-c2nc3cccnc3[nH]2)o1.CC(=O)O. The smallest absolute Gasteiger partial charge is 0.300 e. The van der Waals surface area contributed by atoms with E-state index in [1.807, 2.05) is 24.3 Å². The predicted molar refractivity (Wildman–Crippen MR) is 72.6 cm³/mol. The summed E-state index contributed by atoms with van der Waals surface area (Å²) in [4.78, 5) is 20.6. The van der Waals surface area contributed by atoms with Crippen molar-refractivity contribution in [3.63, 3.8) is 0 Å². The van der Waals surface area contributed by atoms with Crippen LogP contribution in [0.4, 0.5) is 0 Å². The third kappa shape index (κ3) is 3.41. The van der Waals surface area contributed by atoms with Gasteiger partial charge in [-0.15, -0.1) is 0 Å². The van der Waals surface area contributed by atoms with E-state index >= 15 is 0 Å². The number of halogens is 1. The third-order valence-electron chi connectivity index (χ3n) is 2.06. The van der Waals surface area contributed by atoms with Crippen LogP contribution >= 0.6 is 15.9 Å². The molecule has 0 fully saturated rings. The largest absolute Gasteiger partial charge is 0.481 e. The van der Waals surface area contributed by atoms with Crippen LogP contribution in [0.2, 0.25) is 0 Å². The van der Waals surface area contributed by atoms with Gasteiger partial charge >= 0.3 is 0 Å². The average molecular weight is 324 g/mol. The van der Waals surface area contributed by atoms with E-state index in [-0.39, 0.29) is 0 Å². The Hall–Kier alpha value is -2.15. The zero-order valence-corrected chi connectivity index (χ0v) is 11.5. The molecule has 0 amide bonds. The molecule has 0 aliphatic carbocycles. The number of fused-ring (bicyclic) bond motifs is 1. The number of aliphatic carboxylic acids is 1. The first-order chi connectivity index (χ1) is 9.06. The van der Waals surface area contributed by atoms with E-state index in [1.54, 1.807) is 6.20 Å². The number of nitrogens with one attached hydrogen (secondary N) is 1. The van der Waals surface area contributed by atoms with Gasteiger partial charge in [0.05, 0.1) is 0 Å². The van der Waals surface area contributed by atoms with Crippen molar-refractivity contribution in [2.75, 3.05) is 0 Å². The van der Waals surface area contributed by atoms with Crippen LogP contribution in [-0.2, 0) is 4.79 Å². The number of imidazole rings is 1. The molecule has 98 valence electrons. The fraction of sp³-hybridized carbons (Fsp3) is 0.0833. The lowest BCUT2D eigenvalue weighted by atomic mass is 10.4. The Labute approximate surface area is 116 Å². The van der Waals surface area contributed by atoms with E-state index < -0.39 is 5.97 Å². The molecule has 3 rings (SSSR count). The summed E-state index contributed by atoms with van der Waals surface area (Å²) in [7, 11) is 0. The van der Waals surface area contributed by atoms with E-state index in [4.69, 9.17) is 14.3 Å². The summed E-state index contributed by atoms with van der Waals surface area (Å²) in [6, 6.07) is 7.43. The van der Waals surface area contributed by atoms with Gasteiger partial charge in [-0.2, -0.15) is 0 Å². The molecule has 2 N–H and O–H groups in total. The Morgan fingerprint density at radius 2 is 2.16 bits per heavy atom. The van der Waals surface area contributed by atoms with Crippen LogP contribution in [0.5, 0.6) is 0 Å². The topological polar surface area (TPSA) is 92.0 Å². The van der Waals surface area contributed by atoms with Crippen molar-refractivity contribution < 1.29 is 14.3 Å². The number of pyridine rings is 1. The number of carboxylic acid groups (broad SMARTS) is 1. The normalized spacial score (nSPS) is 10.0. The van der Waals surface area contributed by atoms with E-state index in [9.17, 15) is 0 Å². The Bertz CT molecular complexity index is 668. The Morgan fingerprint density at radius 1 is 1.42 bits per heavy atom. The number of hydrogen-bond acceptors (Lipinski definition) is 4. The second kappa shape index (κ2) is 5.66. The second-order valence-corrected chi connectivity index (χ2v) is 4.36. The van der Waals surface area contributed by atoms with Crippen molar-refractivity contribution in [1.82, 2.24) is 15.0 Å². The number of aromatic amines is 1. The number of hydrogen-bond donors (Lipinski definition) is 2. The zero-order valence-electron chi connectivity index (χ0n) is 9.92. The quantitative estimate of drug-likeness (QED) is 0.718. The summed E-state index contributed by atoms with van der Waals surface area (Å²) in [5.41, 5.74) is 1.60. The molecule has 7 heteroatoms. The highest BCUT2D eigenvalue weighted by Gasteiger charge is 2.08. The van der Waals surface area contributed by atoms with Crippen LogP contribution in [0.3, 0.4) is 0 Å². The summed E-state index contributed by atoms with van der Waals surface area (Å²) >= 11 is 3.25. The first-order valence-electron chi connectivity index (χ1n) is 5.32. The summed E-state index contributed by atoms with van der Waals surface area (Å²) < 4.78 is 6.08. The number of carboxylic acids is 1. The van der Waals surface area contributed by atoms with Gasteiger partial charge in [-0.1, -0.05) is 0 Å². The molecule has 0 spiro atoms. The molecule has 6 nitrogen and oxygen atoms in total. The highest BCUT2D eigenvalue weighted by Crippen LogP contribution is 2.23. The molecular formula is C12H10BrN3O3. The van der Waals surface area contributed by atoms with Gasteiger partial charge in [-0.25, -0.2) is 9.97 Å². The summed E-state index contributed by atoms with van der Waals surface area (Å²) in [6.07, 6.45) is 1.72. The number of rotatable bonds is 1. The maximum atomic E-state index is 9.00. The lowest BCUT2D eigenvalue weighted by Gasteiger charge is -1.86. The summed E-state index contributed by atoms with van der Waals surface area (Å²) in [6.45, 7) is 1.08. The van der Waals surface area contributed by atoms with E-state index in [1.165, 1.54) is 0 Å². The van der Waals surface area contributed by atoms with E-state index in [0.717, 1.165) is 18.1 Å². The van der Waals surface area contributed by atoms with Crippen molar-refractivity contribution in [3.8, 4) is 11.6 Å². The Balaban J connectivity index is 0.000000297. The van der Waals surface area contributed by atoms with Crippen LogP contribution in [0, 0.1) is 0 Å². The summed E-state index contributed by atoms with van der Waals surface area (Å²) in [5, 5.41) is 7.42. The Kier molecular flexibility index (Phi) is 3.96. The minimum Gasteiger partial charge on any atom is -0.481 e. The van der Waals surface area contributed by atoms with Crippen LogP contribution in [0.25, 0.3) is 22.7 Å². The number of H-pyrrole nitrogens is 1. The maximum absolute atomic E-state index is 9.00. The van der Waals surface area contributed by atoms with Gasteiger partial charge in [0, 0.05) is 13.1 Å². The molecular weight excluding hydrogens is 314 g/mol. The fourth-order valence-corrected chi connectivity index (χ4v) is 1.71. The second-order valence-electron chi connectivity index (χ2n) is 3.58. The van der Waals surface area contributed by atoms with Crippen LogP contribution in [0.15, 0.2) is 39.5 Å². The van der Waals surface area contributed by atoms with Gasteiger partial charge < -0.3 is 14.5 Å². The number of nitrogens with zero attached hydrogens (tertiary/aromatic N) is 2. The van der Waals surface area contributed by atoms with Crippen molar-refractivity contribution in [3.05, 3.63) is 35.1 Å².